The van der Waals surface area contributed by atoms with Crippen molar-refractivity contribution in [3.05, 3.63) is 12.7 Å². The molecule has 124 valence electrons. The monoisotopic (exact) mass is 318 g/mol. The largest absolute Gasteiger partial charge is 0.492 e. The second kappa shape index (κ2) is 11.9. The third-order valence-electron chi connectivity index (χ3n) is 3.36. The lowest BCUT2D eigenvalue weighted by atomic mass is 10.1. The van der Waals surface area contributed by atoms with E-state index in [1.807, 2.05) is 6.92 Å². The number of rotatable bonds is 13. The zero-order valence-electron chi connectivity index (χ0n) is 13.1. The molecule has 0 aromatic heterocycles. The summed E-state index contributed by atoms with van der Waals surface area (Å²) in [5.74, 6) is -0.358. The molecule has 1 unspecified atom stereocenters. The van der Waals surface area contributed by atoms with Gasteiger partial charge in [0, 0.05) is 12.1 Å². The van der Waals surface area contributed by atoms with E-state index in [1.54, 1.807) is 0 Å². The van der Waals surface area contributed by atoms with Crippen LogP contribution in [0.25, 0.3) is 0 Å². The molecule has 0 aliphatic carbocycles. The smallest absolute Gasteiger partial charge is 0.460 e. The highest BCUT2D eigenvalue weighted by atomic mass is 28.4. The van der Waals surface area contributed by atoms with Crippen LogP contribution < -0.4 is 0 Å². The van der Waals surface area contributed by atoms with Gasteiger partial charge in [-0.2, -0.15) is 0 Å². The molecule has 0 spiro atoms. The van der Waals surface area contributed by atoms with Crippen LogP contribution in [-0.4, -0.2) is 35.3 Å². The molecule has 0 rings (SSSR count). The number of unbranched alkanes of at least 4 members (excludes halogenated alkanes) is 7. The topological polar surface area (TPSA) is 87.0 Å². The van der Waals surface area contributed by atoms with E-state index in [1.165, 1.54) is 18.9 Å². The van der Waals surface area contributed by atoms with E-state index in [9.17, 15) is 4.79 Å². The Bertz CT molecular complexity index is 288. The molecule has 3 N–H and O–H groups in total. The predicted molar refractivity (Wildman–Crippen MR) is 84.5 cm³/mol. The quantitative estimate of drug-likeness (QED) is 0.210. The Morgan fingerprint density at radius 2 is 1.52 bits per heavy atom. The van der Waals surface area contributed by atoms with Gasteiger partial charge in [0.1, 0.15) is 0 Å². The number of carbonyl (C=O) groups excluding carboxylic acids is 1. The minimum absolute atomic E-state index is 0.0459. The second-order valence-electron chi connectivity index (χ2n) is 5.59. The van der Waals surface area contributed by atoms with E-state index >= 15 is 0 Å². The van der Waals surface area contributed by atoms with Gasteiger partial charge in [-0.3, -0.25) is 0 Å². The fourth-order valence-electron chi connectivity index (χ4n) is 2.16. The molecular formula is C15H30O5Si. The van der Waals surface area contributed by atoms with Gasteiger partial charge in [0.15, 0.2) is 0 Å². The van der Waals surface area contributed by atoms with E-state index in [0.29, 0.717) is 6.42 Å². The van der Waals surface area contributed by atoms with Crippen LogP contribution in [0.3, 0.4) is 0 Å². The molecule has 0 saturated carbocycles. The van der Waals surface area contributed by atoms with E-state index in [2.05, 4.69) is 6.58 Å². The van der Waals surface area contributed by atoms with Gasteiger partial charge in [0.05, 0.1) is 6.10 Å². The molecule has 0 saturated heterocycles. The molecule has 0 aliphatic heterocycles. The second-order valence-corrected chi connectivity index (χ2v) is 7.64. The molecule has 0 amide bonds. The van der Waals surface area contributed by atoms with E-state index < -0.39 is 8.80 Å². The summed E-state index contributed by atoms with van der Waals surface area (Å²) in [7, 11) is -3.81. The Morgan fingerprint density at radius 1 is 1.05 bits per heavy atom. The molecule has 0 bridgehead atoms. The Balaban J connectivity index is 3.26. The van der Waals surface area contributed by atoms with Gasteiger partial charge in [0.25, 0.3) is 0 Å². The fourth-order valence-corrected chi connectivity index (χ4v) is 2.88. The maximum Gasteiger partial charge on any atom is 0.492 e. The summed E-state index contributed by atoms with van der Waals surface area (Å²) in [6.07, 6.45) is 10.4. The molecule has 5 nitrogen and oxygen atoms in total. The maximum atomic E-state index is 11.0. The van der Waals surface area contributed by atoms with Crippen molar-refractivity contribution in [3.63, 3.8) is 0 Å². The minimum atomic E-state index is -3.81. The molecule has 0 heterocycles. The Hall–Kier alpha value is -0.693. The van der Waals surface area contributed by atoms with Crippen LogP contribution in [0.5, 0.6) is 0 Å². The van der Waals surface area contributed by atoms with Gasteiger partial charge in [0.2, 0.25) is 0 Å². The van der Waals surface area contributed by atoms with Crippen LogP contribution in [0.4, 0.5) is 0 Å². The molecule has 0 radical (unpaired) electrons. The number of hydrogen-bond acceptors (Lipinski definition) is 5. The van der Waals surface area contributed by atoms with Crippen LogP contribution in [0.2, 0.25) is 6.04 Å². The lowest BCUT2D eigenvalue weighted by Crippen LogP contribution is -2.33. The highest BCUT2D eigenvalue weighted by Gasteiger charge is 2.25. The molecule has 0 aromatic rings. The van der Waals surface area contributed by atoms with Crippen molar-refractivity contribution < 1.29 is 23.9 Å². The lowest BCUT2D eigenvalue weighted by Gasteiger charge is -2.11. The molecule has 0 aromatic carbocycles. The van der Waals surface area contributed by atoms with Crippen LogP contribution in [-0.2, 0) is 9.53 Å². The summed E-state index contributed by atoms with van der Waals surface area (Å²) >= 11 is 0. The summed E-state index contributed by atoms with van der Waals surface area (Å²) in [6, 6.07) is 0.147. The third-order valence-corrected chi connectivity index (χ3v) is 4.38. The van der Waals surface area contributed by atoms with Gasteiger partial charge in [-0.25, -0.2) is 4.79 Å². The highest BCUT2D eigenvalue weighted by Crippen LogP contribution is 2.13. The van der Waals surface area contributed by atoms with Crippen LogP contribution in [0.1, 0.15) is 64.7 Å². The summed E-state index contributed by atoms with van der Waals surface area (Å²) < 4.78 is 5.08. The Morgan fingerprint density at radius 3 is 2.00 bits per heavy atom. The van der Waals surface area contributed by atoms with Crippen molar-refractivity contribution >= 4 is 14.8 Å². The average molecular weight is 318 g/mol. The third kappa shape index (κ3) is 15.5. The zero-order valence-corrected chi connectivity index (χ0v) is 14.1. The van der Waals surface area contributed by atoms with Gasteiger partial charge >= 0.3 is 14.8 Å². The molecule has 0 aliphatic rings. The minimum Gasteiger partial charge on any atom is -0.460 e. The number of hydrogen-bond donors (Lipinski definition) is 3. The first-order valence-electron chi connectivity index (χ1n) is 7.85. The maximum absolute atomic E-state index is 11.0. The van der Waals surface area contributed by atoms with Crippen LogP contribution in [0, 0.1) is 0 Å². The highest BCUT2D eigenvalue weighted by molar-refractivity contribution is 6.56. The van der Waals surface area contributed by atoms with Crippen molar-refractivity contribution in [2.75, 3.05) is 0 Å². The summed E-state index contributed by atoms with van der Waals surface area (Å²) in [4.78, 5) is 37.5. The van der Waals surface area contributed by atoms with Gasteiger partial charge in [-0.05, 0) is 26.2 Å². The first kappa shape index (κ1) is 20.3. The molecule has 1 atom stereocenters. The van der Waals surface area contributed by atoms with Gasteiger partial charge < -0.3 is 19.1 Å². The van der Waals surface area contributed by atoms with E-state index in [4.69, 9.17) is 19.1 Å². The number of esters is 1. The first-order chi connectivity index (χ1) is 9.85. The Kier molecular flexibility index (Phi) is 11.5. The van der Waals surface area contributed by atoms with Crippen molar-refractivity contribution in [1.29, 1.82) is 0 Å². The molecule has 6 heteroatoms. The molecular weight excluding hydrogens is 288 g/mol. The van der Waals surface area contributed by atoms with Gasteiger partial charge in [-0.1, -0.05) is 45.1 Å². The lowest BCUT2D eigenvalue weighted by molar-refractivity contribution is -0.142. The van der Waals surface area contributed by atoms with Crippen molar-refractivity contribution in [1.82, 2.24) is 0 Å². The number of ether oxygens (including phenoxy) is 1. The zero-order chi connectivity index (χ0) is 16.1. The van der Waals surface area contributed by atoms with Crippen LogP contribution >= 0.6 is 0 Å². The SMILES string of the molecule is C=CC(=O)OC(C)CCCCCCCCCC[Si](O)(O)O. The van der Waals surface area contributed by atoms with Gasteiger partial charge in [-0.15, -0.1) is 0 Å². The predicted octanol–water partition coefficient (Wildman–Crippen LogP) is 2.53. The van der Waals surface area contributed by atoms with E-state index in [0.717, 1.165) is 38.5 Å². The van der Waals surface area contributed by atoms with Crippen molar-refractivity contribution in [2.45, 2.75) is 76.9 Å². The normalized spacial score (nSPS) is 13.0. The summed E-state index contributed by atoms with van der Waals surface area (Å²) in [5.41, 5.74) is 0. The summed E-state index contributed by atoms with van der Waals surface area (Å²) in [6.45, 7) is 5.26. The fraction of sp³-hybridized carbons (Fsp3) is 0.800. The Labute approximate surface area is 129 Å². The average Bonchev–Trinajstić information content (AvgIpc) is 2.39. The standard InChI is InChI=1S/C15H30O5Si/c1-3-15(16)20-14(2)12-10-8-6-4-5-7-9-11-13-21(17,18)19/h3,14,17-19H,1,4-13H2,2H3. The molecule has 21 heavy (non-hydrogen) atoms. The van der Waals surface area contributed by atoms with Crippen LogP contribution in [0.15, 0.2) is 12.7 Å². The van der Waals surface area contributed by atoms with Crippen molar-refractivity contribution in [2.24, 2.45) is 0 Å². The van der Waals surface area contributed by atoms with Crippen molar-refractivity contribution in [3.8, 4) is 0 Å². The summed E-state index contributed by atoms with van der Waals surface area (Å²) in [5, 5.41) is 0. The number of carbonyl (C=O) groups is 1. The molecule has 0 fully saturated rings. The van der Waals surface area contributed by atoms with E-state index in [-0.39, 0.29) is 18.1 Å². The first-order valence-corrected chi connectivity index (χ1v) is 9.90.